The van der Waals surface area contributed by atoms with E-state index in [9.17, 15) is 38.7 Å². The molecule has 0 radical (unpaired) electrons. The molecule has 2 N–H and O–H groups in total. The summed E-state index contributed by atoms with van der Waals surface area (Å²) < 4.78 is 29.7. The Labute approximate surface area is 401 Å². The van der Waals surface area contributed by atoms with Crippen LogP contribution in [0.25, 0.3) is 0 Å². The Hall–Kier alpha value is -4.49. The summed E-state index contributed by atoms with van der Waals surface area (Å²) in [6, 6.07) is 2.43. The molecule has 67 heavy (non-hydrogen) atoms. The Morgan fingerprint density at radius 1 is 1.06 bits per heavy atom. The number of nitrogens with zero attached hydrogens (tertiary/aromatic N) is 3. The third-order valence-electron chi connectivity index (χ3n) is 14.1. The maximum absolute atomic E-state index is 14.3. The zero-order valence-electron chi connectivity index (χ0n) is 39.9. The number of alkyl carbamates (subject to hydrolysis) is 1. The zero-order chi connectivity index (χ0) is 49.2. The minimum Gasteiger partial charge on any atom is -0.495 e. The number of halogens is 1. The fourth-order valence-corrected chi connectivity index (χ4v) is 11.4. The van der Waals surface area contributed by atoms with Crippen LogP contribution in [0.15, 0.2) is 35.9 Å². The largest absolute Gasteiger partial charge is 0.495 e. The van der Waals surface area contributed by atoms with Gasteiger partial charge in [0.15, 0.2) is 5.72 Å². The first-order valence-corrected chi connectivity index (χ1v) is 24.3. The Morgan fingerprint density at radius 2 is 1.75 bits per heavy atom. The van der Waals surface area contributed by atoms with Gasteiger partial charge in [-0.25, -0.2) is 9.59 Å². The summed E-state index contributed by atoms with van der Waals surface area (Å²) >= 11 is 8.03. The number of ether oxygens (including phenoxy) is 5. The number of carbonyl (C=O) groups excluding carboxylic acids is 7. The normalized spacial score (nSPS) is 33.1. The molecule has 368 valence electrons. The lowest BCUT2D eigenvalue weighted by Crippen LogP contribution is -2.72. The van der Waals surface area contributed by atoms with Crippen molar-refractivity contribution in [2.45, 2.75) is 145 Å². The van der Waals surface area contributed by atoms with Crippen LogP contribution in [0.4, 0.5) is 10.5 Å². The molecule has 4 fully saturated rings. The summed E-state index contributed by atoms with van der Waals surface area (Å²) in [5.41, 5.74) is -2.40. The molecule has 1 saturated carbocycles. The van der Waals surface area contributed by atoms with Crippen molar-refractivity contribution in [2.75, 3.05) is 45.5 Å². The number of thioether (sulfide) groups is 1. The van der Waals surface area contributed by atoms with E-state index >= 15 is 0 Å². The third kappa shape index (κ3) is 11.5. The van der Waals surface area contributed by atoms with Crippen molar-refractivity contribution >= 4 is 70.5 Å². The standard InChI is InChI=1S/C48H65ClN4O13S/c1-27-11-10-12-36(63-9)48(61)24-38(65-45(60)50-48)47(5)26-46(4,66-47)37(23-40(56)52(7)33-20-31(19-27)21-34(62-8)42(33)49)64-44(59)28(2)51(6)39(55)17-18-67-35-22-41(57)53(43(35)58)25-30-13-15-32(16-14-30)29(3)54/h10-12,20-21,28,30,32,35-38,61H,13-19,22-26H2,1-9H3,(H,50,60)/b12-10+,27-11+/t28-,30?,32?,35?,36?,37-,38?,46?,47?,48?/m0/s1. The summed E-state index contributed by atoms with van der Waals surface area (Å²) in [5, 5.41) is 13.9. The molecule has 0 spiro atoms. The van der Waals surface area contributed by atoms with E-state index in [4.69, 9.17) is 35.3 Å². The van der Waals surface area contributed by atoms with Crippen molar-refractivity contribution in [3.8, 4) is 5.75 Å². The molecule has 6 bridgehead atoms. The van der Waals surface area contributed by atoms with Crippen LogP contribution in [0, 0.1) is 11.8 Å². The number of methoxy groups -OCH3 is 2. The van der Waals surface area contributed by atoms with Gasteiger partial charge in [0.25, 0.3) is 0 Å². The number of aliphatic hydroxyl groups is 1. The van der Waals surface area contributed by atoms with Crippen molar-refractivity contribution in [3.63, 3.8) is 0 Å². The molecule has 1 aromatic carbocycles. The van der Waals surface area contributed by atoms with Crippen LogP contribution in [0.1, 0.15) is 98.0 Å². The van der Waals surface area contributed by atoms with E-state index < -0.39 is 70.4 Å². The minimum atomic E-state index is -1.90. The second-order valence-corrected chi connectivity index (χ2v) is 20.8. The van der Waals surface area contributed by atoms with Gasteiger partial charge in [0.2, 0.25) is 23.6 Å². The molecule has 3 saturated heterocycles. The predicted molar refractivity (Wildman–Crippen MR) is 249 cm³/mol. The van der Waals surface area contributed by atoms with Crippen molar-refractivity contribution in [1.29, 1.82) is 0 Å². The molecule has 0 aromatic heterocycles. The lowest BCUT2D eigenvalue weighted by molar-refractivity contribution is -0.328. The highest BCUT2D eigenvalue weighted by Crippen LogP contribution is 2.50. The van der Waals surface area contributed by atoms with Gasteiger partial charge in [0.1, 0.15) is 52.1 Å². The number of likely N-dealkylation sites (tertiary alicyclic amines) is 1. The Bertz CT molecular complexity index is 2170. The molecule has 1 aromatic rings. The van der Waals surface area contributed by atoms with E-state index in [-0.39, 0.29) is 72.3 Å². The van der Waals surface area contributed by atoms with Crippen molar-refractivity contribution in [2.24, 2.45) is 11.8 Å². The summed E-state index contributed by atoms with van der Waals surface area (Å²) in [4.78, 5) is 96.8. The average molecular weight is 974 g/mol. The first kappa shape index (κ1) is 51.9. The summed E-state index contributed by atoms with van der Waals surface area (Å²) in [6.45, 7) is 8.73. The summed E-state index contributed by atoms with van der Waals surface area (Å²) in [5.74, 6) is -1.27. The zero-order valence-corrected chi connectivity index (χ0v) is 41.5. The van der Waals surface area contributed by atoms with Crippen molar-refractivity contribution < 1.29 is 62.4 Å². The second kappa shape index (κ2) is 21.0. The van der Waals surface area contributed by atoms with Gasteiger partial charge < -0.3 is 38.6 Å². The number of hydrogen-bond acceptors (Lipinski definition) is 14. The average Bonchev–Trinajstić information content (AvgIpc) is 3.53. The number of amides is 5. The van der Waals surface area contributed by atoms with Crippen LogP contribution >= 0.6 is 23.4 Å². The number of ketones is 1. The maximum Gasteiger partial charge on any atom is 0.409 e. The molecule has 6 aliphatic rings. The van der Waals surface area contributed by atoms with Crippen LogP contribution < -0.4 is 15.0 Å². The number of carbonyl (C=O) groups is 7. The van der Waals surface area contributed by atoms with E-state index in [1.807, 2.05) is 13.0 Å². The number of hydrogen-bond donors (Lipinski definition) is 2. The van der Waals surface area contributed by atoms with Crippen LogP contribution in [-0.2, 0) is 54.1 Å². The monoisotopic (exact) mass is 972 g/mol. The third-order valence-corrected chi connectivity index (χ3v) is 15.7. The van der Waals surface area contributed by atoms with Crippen LogP contribution in [0.2, 0.25) is 5.02 Å². The number of nitrogens with one attached hydrogen (secondary N) is 1. The lowest BCUT2D eigenvalue weighted by Gasteiger charge is -2.59. The number of benzene rings is 1. The molecule has 7 rings (SSSR count). The van der Waals surface area contributed by atoms with Crippen LogP contribution in [-0.4, -0.2) is 144 Å². The van der Waals surface area contributed by atoms with Gasteiger partial charge in [-0.3, -0.25) is 34.2 Å². The molecular weight excluding hydrogens is 908 g/mol. The number of likely N-dealkylation sites (N-methyl/N-ethyl adjacent to an activating group) is 1. The maximum atomic E-state index is 14.3. The highest BCUT2D eigenvalue weighted by molar-refractivity contribution is 8.00. The van der Waals surface area contributed by atoms with Gasteiger partial charge in [-0.15, -0.1) is 11.8 Å². The Kier molecular flexibility index (Phi) is 16.3. The topological polar surface area (TPSA) is 208 Å². The number of anilines is 1. The number of rotatable bonds is 12. The van der Waals surface area contributed by atoms with Gasteiger partial charge in [-0.05, 0) is 90.3 Å². The molecule has 17 nitrogen and oxygen atoms in total. The summed E-state index contributed by atoms with van der Waals surface area (Å²) in [6.07, 6.45) is 4.20. The SMILES string of the molecule is COc1cc2cc(c1Cl)N(C)C(=O)C[C@H](OC(=O)[C@H](C)N(C)C(=O)CCSC1CC(=O)N(CC3CCC(C(C)=O)CC3)C1=O)C1(C)CC(C)(O1)C1CC(O)(NC(=O)O1)C(OC)/C=C/C=C(\C)C2. The van der Waals surface area contributed by atoms with Gasteiger partial charge in [-0.1, -0.05) is 35.4 Å². The van der Waals surface area contributed by atoms with Gasteiger partial charge in [0.05, 0.1) is 24.5 Å². The quantitative estimate of drug-likeness (QED) is 0.201. The minimum absolute atomic E-state index is 0.0304. The van der Waals surface area contributed by atoms with Crippen molar-refractivity contribution in [1.82, 2.24) is 15.1 Å². The Balaban J connectivity index is 1.16. The fraction of sp³-hybridized carbons (Fsp3) is 0.646. The van der Waals surface area contributed by atoms with E-state index in [0.29, 0.717) is 24.4 Å². The fourth-order valence-electron chi connectivity index (χ4n) is 9.96. The molecule has 8 atom stereocenters. The second-order valence-electron chi connectivity index (χ2n) is 19.2. The molecular formula is C48H65ClN4O13S. The van der Waals surface area contributed by atoms with Gasteiger partial charge in [-0.2, -0.15) is 0 Å². The van der Waals surface area contributed by atoms with E-state index in [2.05, 4.69) is 5.32 Å². The summed E-state index contributed by atoms with van der Waals surface area (Å²) in [7, 11) is 5.90. The number of imide groups is 1. The van der Waals surface area contributed by atoms with Crippen LogP contribution in [0.5, 0.6) is 5.75 Å². The first-order valence-electron chi connectivity index (χ1n) is 22.8. The molecule has 1 aliphatic carbocycles. The number of fused-ring (bicyclic) bond motifs is 6. The number of allylic oxidation sites excluding steroid dienone is 3. The van der Waals surface area contributed by atoms with E-state index in [0.717, 1.165) is 36.8 Å². The molecule has 6 unspecified atom stereocenters. The number of Topliss-reactive ketones (excluding diaryl/α,β-unsaturated/α-hetero) is 1. The smallest absolute Gasteiger partial charge is 0.409 e. The van der Waals surface area contributed by atoms with Gasteiger partial charge in [0, 0.05) is 65.1 Å². The van der Waals surface area contributed by atoms with Crippen molar-refractivity contribution in [3.05, 3.63) is 46.5 Å². The van der Waals surface area contributed by atoms with E-state index in [1.165, 1.54) is 54.7 Å². The predicted octanol–water partition coefficient (Wildman–Crippen LogP) is 5.30. The van der Waals surface area contributed by atoms with Crippen LogP contribution in [0.3, 0.4) is 0 Å². The Morgan fingerprint density at radius 3 is 2.39 bits per heavy atom. The van der Waals surface area contributed by atoms with E-state index in [1.54, 1.807) is 52.1 Å². The molecule has 5 heterocycles. The number of esters is 1. The highest BCUT2D eigenvalue weighted by atomic mass is 35.5. The molecule has 5 aliphatic heterocycles. The highest BCUT2D eigenvalue weighted by Gasteiger charge is 2.63. The lowest BCUT2D eigenvalue weighted by atomic mass is 9.72. The van der Waals surface area contributed by atoms with Gasteiger partial charge >= 0.3 is 12.1 Å². The first-order chi connectivity index (χ1) is 31.5. The molecule has 5 amide bonds. The molecule has 19 heteroatoms.